The van der Waals surface area contributed by atoms with Gasteiger partial charge in [-0.3, -0.25) is 4.79 Å². The van der Waals surface area contributed by atoms with E-state index in [-0.39, 0.29) is 11.7 Å². The van der Waals surface area contributed by atoms with Gasteiger partial charge in [0.05, 0.1) is 23.4 Å². The Kier molecular flexibility index (Phi) is 6.59. The molecule has 150 valence electrons. The van der Waals surface area contributed by atoms with Gasteiger partial charge < -0.3 is 19.5 Å². The van der Waals surface area contributed by atoms with Gasteiger partial charge in [0.1, 0.15) is 12.4 Å². The molecule has 1 aromatic heterocycles. The molecule has 1 aliphatic rings. The number of aryl methyl sites for hydroxylation is 1. The van der Waals surface area contributed by atoms with Crippen LogP contribution in [-0.4, -0.2) is 44.4 Å². The van der Waals surface area contributed by atoms with Gasteiger partial charge in [-0.25, -0.2) is 9.37 Å². The maximum atomic E-state index is 14.5. The molecule has 0 radical (unpaired) electrons. The largest absolute Gasteiger partial charge is 0.475 e. The molecule has 1 saturated heterocycles. The van der Waals surface area contributed by atoms with Crippen LogP contribution in [0.4, 0.5) is 10.1 Å². The van der Waals surface area contributed by atoms with Crippen molar-refractivity contribution >= 4 is 11.6 Å². The molecule has 1 N–H and O–H groups in total. The van der Waals surface area contributed by atoms with Crippen molar-refractivity contribution in [1.29, 1.82) is 0 Å². The monoisotopic (exact) mass is 388 g/mol. The first kappa shape index (κ1) is 20.2. The second-order valence-electron chi connectivity index (χ2n) is 6.75. The fourth-order valence-corrected chi connectivity index (χ4v) is 3.41. The minimum Gasteiger partial charge on any atom is -0.475 e. The summed E-state index contributed by atoms with van der Waals surface area (Å²) in [6.07, 6.45) is 0.842. The Hall–Kier alpha value is -2.51. The first-order valence-corrected chi connectivity index (χ1v) is 9.30. The molecule has 0 unspecified atom stereocenters. The molecule has 0 saturated carbocycles. The fourth-order valence-electron chi connectivity index (χ4n) is 3.41. The zero-order chi connectivity index (χ0) is 20.0. The van der Waals surface area contributed by atoms with Crippen molar-refractivity contribution < 1.29 is 23.4 Å². The van der Waals surface area contributed by atoms with E-state index in [1.807, 2.05) is 0 Å². The van der Waals surface area contributed by atoms with Crippen molar-refractivity contribution in [2.24, 2.45) is 0 Å². The number of hydrogen-bond donors (Lipinski definition) is 1. The Morgan fingerprint density at radius 2 is 1.96 bits per heavy atom. The minimum atomic E-state index is -0.969. The molecule has 3 rings (SSSR count). The lowest BCUT2D eigenvalue weighted by atomic mass is 9.73. The van der Waals surface area contributed by atoms with Crippen molar-refractivity contribution in [3.63, 3.8) is 0 Å². The van der Waals surface area contributed by atoms with Crippen LogP contribution in [0.15, 0.2) is 36.4 Å². The summed E-state index contributed by atoms with van der Waals surface area (Å²) in [5.41, 5.74) is 0.634. The van der Waals surface area contributed by atoms with Crippen LogP contribution in [0, 0.1) is 12.7 Å². The molecule has 1 amide bonds. The van der Waals surface area contributed by atoms with E-state index in [0.29, 0.717) is 62.1 Å². The smallest absolute Gasteiger partial charge is 0.235 e. The number of methoxy groups -OCH3 is 1. The SMILES string of the molecule is COCCOc1ccc(NC(=O)C2(c3ccccc3F)CCOCC2)c(C)n1. The van der Waals surface area contributed by atoms with E-state index in [9.17, 15) is 9.18 Å². The molecule has 1 fully saturated rings. The lowest BCUT2D eigenvalue weighted by Crippen LogP contribution is -2.45. The number of halogens is 1. The number of benzene rings is 1. The molecule has 0 bridgehead atoms. The van der Waals surface area contributed by atoms with Crippen molar-refractivity contribution in [3.8, 4) is 5.88 Å². The van der Waals surface area contributed by atoms with E-state index in [1.54, 1.807) is 44.4 Å². The van der Waals surface area contributed by atoms with Crippen molar-refractivity contribution in [1.82, 2.24) is 4.98 Å². The maximum Gasteiger partial charge on any atom is 0.235 e. The van der Waals surface area contributed by atoms with Crippen LogP contribution in [0.3, 0.4) is 0 Å². The summed E-state index contributed by atoms with van der Waals surface area (Å²) in [7, 11) is 1.60. The summed E-state index contributed by atoms with van der Waals surface area (Å²) in [5, 5.41) is 2.94. The van der Waals surface area contributed by atoms with E-state index < -0.39 is 5.41 Å². The number of ether oxygens (including phenoxy) is 3. The molecule has 6 nitrogen and oxygen atoms in total. The molecule has 1 aliphatic heterocycles. The zero-order valence-electron chi connectivity index (χ0n) is 16.2. The van der Waals surface area contributed by atoms with Gasteiger partial charge in [0.15, 0.2) is 0 Å². The first-order valence-electron chi connectivity index (χ1n) is 9.30. The number of carbonyl (C=O) groups is 1. The number of hydrogen-bond acceptors (Lipinski definition) is 5. The molecule has 0 aliphatic carbocycles. The van der Waals surface area contributed by atoms with Crippen LogP contribution in [0.5, 0.6) is 5.88 Å². The number of aromatic nitrogens is 1. The van der Waals surface area contributed by atoms with Gasteiger partial charge in [0.25, 0.3) is 0 Å². The van der Waals surface area contributed by atoms with E-state index in [2.05, 4.69) is 10.3 Å². The van der Waals surface area contributed by atoms with E-state index in [0.717, 1.165) is 0 Å². The number of nitrogens with zero attached hydrogens (tertiary/aromatic N) is 1. The van der Waals surface area contributed by atoms with Crippen molar-refractivity contribution in [2.75, 3.05) is 38.9 Å². The quantitative estimate of drug-likeness (QED) is 0.738. The fraction of sp³-hybridized carbons (Fsp3) is 0.429. The molecule has 7 heteroatoms. The number of nitrogens with one attached hydrogen (secondary N) is 1. The predicted octanol–water partition coefficient (Wildman–Crippen LogP) is 3.24. The van der Waals surface area contributed by atoms with Gasteiger partial charge in [-0.15, -0.1) is 0 Å². The average Bonchev–Trinajstić information content (AvgIpc) is 2.71. The van der Waals surface area contributed by atoms with E-state index >= 15 is 0 Å². The Bertz CT molecular complexity index is 822. The number of carbonyl (C=O) groups excluding carboxylic acids is 1. The van der Waals surface area contributed by atoms with Gasteiger partial charge in [0, 0.05) is 32.0 Å². The van der Waals surface area contributed by atoms with Crippen molar-refractivity contribution in [3.05, 3.63) is 53.5 Å². The predicted molar refractivity (Wildman–Crippen MR) is 103 cm³/mol. The van der Waals surface area contributed by atoms with E-state index in [1.165, 1.54) is 6.07 Å². The number of anilines is 1. The lowest BCUT2D eigenvalue weighted by molar-refractivity contribution is -0.125. The van der Waals surface area contributed by atoms with Crippen LogP contribution in [0.1, 0.15) is 24.1 Å². The highest BCUT2D eigenvalue weighted by Gasteiger charge is 2.43. The summed E-state index contributed by atoms with van der Waals surface area (Å²) in [5.74, 6) is -0.169. The zero-order valence-corrected chi connectivity index (χ0v) is 16.2. The second kappa shape index (κ2) is 9.12. The molecular formula is C21H25FN2O4. The van der Waals surface area contributed by atoms with Gasteiger partial charge in [-0.05, 0) is 31.9 Å². The third kappa shape index (κ3) is 4.31. The highest BCUT2D eigenvalue weighted by molar-refractivity contribution is 5.99. The van der Waals surface area contributed by atoms with Crippen LogP contribution in [-0.2, 0) is 19.7 Å². The minimum absolute atomic E-state index is 0.251. The summed E-state index contributed by atoms with van der Waals surface area (Å²) < 4.78 is 30.4. The topological polar surface area (TPSA) is 69.7 Å². The Balaban J connectivity index is 1.82. The van der Waals surface area contributed by atoms with E-state index in [4.69, 9.17) is 14.2 Å². The molecule has 0 atom stereocenters. The third-order valence-electron chi connectivity index (χ3n) is 5.02. The molecule has 2 aromatic rings. The first-order chi connectivity index (χ1) is 13.6. The van der Waals surface area contributed by atoms with Gasteiger partial charge in [-0.2, -0.15) is 0 Å². The molecule has 1 aromatic carbocycles. The number of pyridine rings is 1. The van der Waals surface area contributed by atoms with Gasteiger partial charge in [0.2, 0.25) is 11.8 Å². The van der Waals surface area contributed by atoms with Crippen LogP contribution >= 0.6 is 0 Å². The van der Waals surface area contributed by atoms with Crippen molar-refractivity contribution in [2.45, 2.75) is 25.2 Å². The van der Waals surface area contributed by atoms with Crippen LogP contribution < -0.4 is 10.1 Å². The summed E-state index contributed by atoms with van der Waals surface area (Å²) in [4.78, 5) is 17.6. The highest BCUT2D eigenvalue weighted by Crippen LogP contribution is 2.37. The molecule has 28 heavy (non-hydrogen) atoms. The Morgan fingerprint density at radius 3 is 2.64 bits per heavy atom. The Labute approximate surface area is 164 Å². The number of rotatable bonds is 7. The van der Waals surface area contributed by atoms with Crippen LogP contribution in [0.2, 0.25) is 0 Å². The van der Waals surface area contributed by atoms with Crippen LogP contribution in [0.25, 0.3) is 0 Å². The summed E-state index contributed by atoms with van der Waals surface area (Å²) in [6.45, 7) is 3.46. The lowest BCUT2D eigenvalue weighted by Gasteiger charge is -2.36. The highest BCUT2D eigenvalue weighted by atomic mass is 19.1. The van der Waals surface area contributed by atoms with Gasteiger partial charge in [-0.1, -0.05) is 18.2 Å². The average molecular weight is 388 g/mol. The standard InChI is InChI=1S/C21H25FN2O4/c1-15-18(7-8-19(23-15)28-14-13-26-2)24-20(25)21(9-11-27-12-10-21)16-5-3-4-6-17(16)22/h3-8H,9-14H2,1-2H3,(H,24,25). The normalized spacial score (nSPS) is 15.8. The summed E-state index contributed by atoms with van der Waals surface area (Å²) in [6, 6.07) is 9.88. The van der Waals surface area contributed by atoms with Gasteiger partial charge >= 0.3 is 0 Å². The molecule has 2 heterocycles. The maximum absolute atomic E-state index is 14.5. The second-order valence-corrected chi connectivity index (χ2v) is 6.75. The molecule has 0 spiro atoms. The third-order valence-corrected chi connectivity index (χ3v) is 5.02. The Morgan fingerprint density at radius 1 is 1.21 bits per heavy atom. The molecular weight excluding hydrogens is 363 g/mol. The summed E-state index contributed by atoms with van der Waals surface area (Å²) >= 11 is 0. The number of amides is 1.